The number of rotatable bonds is 3. The number of ether oxygens (including phenoxy) is 1. The summed E-state index contributed by atoms with van der Waals surface area (Å²) in [6.07, 6.45) is 4.12. The Labute approximate surface area is 92.4 Å². The van der Waals surface area contributed by atoms with Gasteiger partial charge < -0.3 is 14.7 Å². The summed E-state index contributed by atoms with van der Waals surface area (Å²) in [6.45, 7) is 7.11. The molecule has 0 bridgehead atoms. The molecule has 2 rings (SSSR count). The topological polar surface area (TPSA) is 32.7 Å². The van der Waals surface area contributed by atoms with E-state index in [9.17, 15) is 5.11 Å². The first-order valence-corrected chi connectivity index (χ1v) is 6.27. The van der Waals surface area contributed by atoms with E-state index in [4.69, 9.17) is 4.74 Å². The van der Waals surface area contributed by atoms with Gasteiger partial charge >= 0.3 is 0 Å². The summed E-state index contributed by atoms with van der Waals surface area (Å²) in [4.78, 5) is 2.46. The molecule has 2 aliphatic rings. The predicted molar refractivity (Wildman–Crippen MR) is 59.8 cm³/mol. The van der Waals surface area contributed by atoms with Gasteiger partial charge in [0.25, 0.3) is 0 Å². The van der Waals surface area contributed by atoms with Gasteiger partial charge in [0, 0.05) is 25.6 Å². The molecule has 1 atom stereocenters. The van der Waals surface area contributed by atoms with Crippen molar-refractivity contribution in [2.45, 2.75) is 38.2 Å². The second-order valence-electron chi connectivity index (χ2n) is 5.01. The van der Waals surface area contributed by atoms with Crippen molar-refractivity contribution < 1.29 is 9.84 Å². The van der Waals surface area contributed by atoms with Gasteiger partial charge in [-0.3, -0.25) is 0 Å². The molecule has 0 aliphatic carbocycles. The summed E-state index contributed by atoms with van der Waals surface area (Å²) in [5.74, 6) is 0.390. The Balaban J connectivity index is 1.84. The quantitative estimate of drug-likeness (QED) is 0.766. The minimum Gasteiger partial charge on any atom is -0.389 e. The van der Waals surface area contributed by atoms with Gasteiger partial charge in [-0.15, -0.1) is 0 Å². The Hall–Kier alpha value is -0.120. The molecule has 0 radical (unpaired) electrons. The highest BCUT2D eigenvalue weighted by atomic mass is 16.5. The molecule has 3 heteroatoms. The van der Waals surface area contributed by atoms with Gasteiger partial charge in [-0.25, -0.2) is 0 Å². The zero-order valence-corrected chi connectivity index (χ0v) is 9.74. The highest BCUT2D eigenvalue weighted by Gasteiger charge is 2.41. The molecule has 0 aromatic carbocycles. The minimum absolute atomic E-state index is 0.390. The monoisotopic (exact) mass is 213 g/mol. The van der Waals surface area contributed by atoms with Crippen molar-refractivity contribution in [2.75, 3.05) is 32.8 Å². The average molecular weight is 213 g/mol. The van der Waals surface area contributed by atoms with Gasteiger partial charge in [-0.1, -0.05) is 6.92 Å². The molecule has 2 saturated heterocycles. The van der Waals surface area contributed by atoms with Crippen LogP contribution >= 0.6 is 0 Å². The summed E-state index contributed by atoms with van der Waals surface area (Å²) in [5.41, 5.74) is -0.430. The number of likely N-dealkylation sites (tertiary alicyclic amines) is 1. The zero-order valence-electron chi connectivity index (χ0n) is 9.74. The maximum atomic E-state index is 10.6. The lowest BCUT2D eigenvalue weighted by Gasteiger charge is -2.41. The SMILES string of the molecule is CCCN1CCC(O)(C2CCOC2)CC1. The molecule has 1 N–H and O–H groups in total. The molecular weight excluding hydrogens is 190 g/mol. The normalized spacial score (nSPS) is 32.0. The van der Waals surface area contributed by atoms with Gasteiger partial charge in [0.05, 0.1) is 12.2 Å². The molecule has 0 spiro atoms. The van der Waals surface area contributed by atoms with Crippen LogP contribution in [0.5, 0.6) is 0 Å². The van der Waals surface area contributed by atoms with E-state index in [-0.39, 0.29) is 0 Å². The molecule has 0 aromatic rings. The first kappa shape index (κ1) is 11.4. The van der Waals surface area contributed by atoms with Gasteiger partial charge in [0.15, 0.2) is 0 Å². The standard InChI is InChI=1S/C12H23NO2/c1-2-6-13-7-4-12(14,5-8-13)11-3-9-15-10-11/h11,14H,2-10H2,1H3. The van der Waals surface area contributed by atoms with Gasteiger partial charge in [0.2, 0.25) is 0 Å². The van der Waals surface area contributed by atoms with Crippen LogP contribution in [0.15, 0.2) is 0 Å². The molecule has 2 fully saturated rings. The van der Waals surface area contributed by atoms with Gasteiger partial charge in [-0.05, 0) is 32.2 Å². The maximum Gasteiger partial charge on any atom is 0.0723 e. The highest BCUT2D eigenvalue weighted by molar-refractivity contribution is 4.92. The average Bonchev–Trinajstić information content (AvgIpc) is 2.76. The van der Waals surface area contributed by atoms with E-state index in [1.165, 1.54) is 13.0 Å². The molecule has 88 valence electrons. The van der Waals surface area contributed by atoms with Crippen molar-refractivity contribution in [3.05, 3.63) is 0 Å². The van der Waals surface area contributed by atoms with Crippen molar-refractivity contribution >= 4 is 0 Å². The second kappa shape index (κ2) is 4.81. The molecule has 0 saturated carbocycles. The van der Waals surface area contributed by atoms with Crippen molar-refractivity contribution in [2.24, 2.45) is 5.92 Å². The summed E-state index contributed by atoms with van der Waals surface area (Å²) in [7, 11) is 0. The van der Waals surface area contributed by atoms with Crippen LogP contribution in [0, 0.1) is 5.92 Å². The largest absolute Gasteiger partial charge is 0.389 e. The van der Waals surface area contributed by atoms with E-state index in [1.54, 1.807) is 0 Å². The molecule has 2 aliphatic heterocycles. The smallest absolute Gasteiger partial charge is 0.0723 e. The summed E-state index contributed by atoms with van der Waals surface area (Å²) >= 11 is 0. The van der Waals surface area contributed by atoms with Crippen LogP contribution < -0.4 is 0 Å². The van der Waals surface area contributed by atoms with Crippen LogP contribution in [0.3, 0.4) is 0 Å². The number of nitrogens with zero attached hydrogens (tertiary/aromatic N) is 1. The van der Waals surface area contributed by atoms with E-state index in [0.717, 1.165) is 45.6 Å². The van der Waals surface area contributed by atoms with E-state index in [1.807, 2.05) is 0 Å². The lowest BCUT2D eigenvalue weighted by atomic mass is 9.79. The number of hydrogen-bond donors (Lipinski definition) is 1. The van der Waals surface area contributed by atoms with Crippen molar-refractivity contribution in [1.29, 1.82) is 0 Å². The van der Waals surface area contributed by atoms with Crippen LogP contribution in [0.25, 0.3) is 0 Å². The summed E-state index contributed by atoms with van der Waals surface area (Å²) in [6, 6.07) is 0. The third-order valence-electron chi connectivity index (χ3n) is 3.95. The van der Waals surface area contributed by atoms with Gasteiger partial charge in [-0.2, -0.15) is 0 Å². The number of piperidine rings is 1. The molecular formula is C12H23NO2. The number of aliphatic hydroxyl groups is 1. The molecule has 1 unspecified atom stereocenters. The third kappa shape index (κ3) is 2.52. The summed E-state index contributed by atoms with van der Waals surface area (Å²) in [5, 5.41) is 10.6. The predicted octanol–water partition coefficient (Wildman–Crippen LogP) is 1.26. The molecule has 0 aromatic heterocycles. The van der Waals surface area contributed by atoms with Crippen LogP contribution in [-0.4, -0.2) is 48.5 Å². The molecule has 15 heavy (non-hydrogen) atoms. The van der Waals surface area contributed by atoms with E-state index in [2.05, 4.69) is 11.8 Å². The fourth-order valence-electron chi connectivity index (χ4n) is 2.85. The third-order valence-corrected chi connectivity index (χ3v) is 3.95. The fraction of sp³-hybridized carbons (Fsp3) is 1.00. The van der Waals surface area contributed by atoms with Crippen LogP contribution in [0.2, 0.25) is 0 Å². The maximum absolute atomic E-state index is 10.6. The lowest BCUT2D eigenvalue weighted by molar-refractivity contribution is -0.0679. The Kier molecular flexibility index (Phi) is 3.65. The Morgan fingerprint density at radius 2 is 2.13 bits per heavy atom. The Bertz CT molecular complexity index is 194. The zero-order chi connectivity index (χ0) is 10.7. The Morgan fingerprint density at radius 3 is 2.67 bits per heavy atom. The van der Waals surface area contributed by atoms with Crippen LogP contribution in [0.4, 0.5) is 0 Å². The summed E-state index contributed by atoms with van der Waals surface area (Å²) < 4.78 is 5.38. The molecule has 3 nitrogen and oxygen atoms in total. The van der Waals surface area contributed by atoms with E-state index in [0.29, 0.717) is 5.92 Å². The van der Waals surface area contributed by atoms with Crippen molar-refractivity contribution in [3.63, 3.8) is 0 Å². The van der Waals surface area contributed by atoms with Gasteiger partial charge in [0.1, 0.15) is 0 Å². The lowest BCUT2D eigenvalue weighted by Crippen LogP contribution is -2.49. The molecule has 2 heterocycles. The molecule has 0 amide bonds. The van der Waals surface area contributed by atoms with Crippen LogP contribution in [-0.2, 0) is 4.74 Å². The van der Waals surface area contributed by atoms with E-state index < -0.39 is 5.60 Å². The van der Waals surface area contributed by atoms with E-state index >= 15 is 0 Å². The van der Waals surface area contributed by atoms with Crippen LogP contribution in [0.1, 0.15) is 32.6 Å². The highest BCUT2D eigenvalue weighted by Crippen LogP contribution is 2.34. The first-order chi connectivity index (χ1) is 7.24. The van der Waals surface area contributed by atoms with Crippen molar-refractivity contribution in [3.8, 4) is 0 Å². The number of hydrogen-bond acceptors (Lipinski definition) is 3. The minimum atomic E-state index is -0.430. The second-order valence-corrected chi connectivity index (χ2v) is 5.01. The van der Waals surface area contributed by atoms with Crippen molar-refractivity contribution in [1.82, 2.24) is 4.90 Å². The first-order valence-electron chi connectivity index (χ1n) is 6.27. The Morgan fingerprint density at radius 1 is 1.40 bits per heavy atom. The fourth-order valence-corrected chi connectivity index (χ4v) is 2.85.